The molecule has 1 unspecified atom stereocenters. The number of hydrogen-bond acceptors (Lipinski definition) is 3. The van der Waals surface area contributed by atoms with Crippen LogP contribution < -0.4 is 5.73 Å². The molecule has 0 aliphatic carbocycles. The molecule has 2 heterocycles. The molecular formula is C10H10ClN3O2. The number of aliphatic carboxylic acids is 1. The van der Waals surface area contributed by atoms with Crippen molar-refractivity contribution >= 4 is 23.2 Å². The monoisotopic (exact) mass is 239 g/mol. The number of carboxylic acid groups (broad SMARTS) is 1. The predicted molar refractivity (Wildman–Crippen MR) is 59.5 cm³/mol. The van der Waals surface area contributed by atoms with Crippen LogP contribution in [0.15, 0.2) is 24.4 Å². The summed E-state index contributed by atoms with van der Waals surface area (Å²) in [5.74, 6) is -1.06. The lowest BCUT2D eigenvalue weighted by molar-refractivity contribution is -0.138. The van der Waals surface area contributed by atoms with E-state index in [2.05, 4.69) is 4.98 Å². The minimum absolute atomic E-state index is 0.121. The highest BCUT2D eigenvalue weighted by Gasteiger charge is 2.17. The minimum Gasteiger partial charge on any atom is -0.480 e. The number of nitrogens with zero attached hydrogens (tertiary/aromatic N) is 2. The van der Waals surface area contributed by atoms with Crippen molar-refractivity contribution in [3.8, 4) is 0 Å². The van der Waals surface area contributed by atoms with Gasteiger partial charge in [0.2, 0.25) is 0 Å². The average molecular weight is 240 g/mol. The lowest BCUT2D eigenvalue weighted by Gasteiger charge is -2.03. The second-order valence-electron chi connectivity index (χ2n) is 3.43. The van der Waals surface area contributed by atoms with Crippen LogP contribution in [0.25, 0.3) is 5.65 Å². The Morgan fingerprint density at radius 1 is 1.62 bits per heavy atom. The van der Waals surface area contributed by atoms with Gasteiger partial charge in [0.15, 0.2) is 0 Å². The van der Waals surface area contributed by atoms with Gasteiger partial charge in [0.05, 0.1) is 5.69 Å². The lowest BCUT2D eigenvalue weighted by Crippen LogP contribution is -2.32. The maximum Gasteiger partial charge on any atom is 0.320 e. The first-order valence-electron chi connectivity index (χ1n) is 4.69. The van der Waals surface area contributed by atoms with Gasteiger partial charge in [-0.1, -0.05) is 17.7 Å². The van der Waals surface area contributed by atoms with Crippen LogP contribution in [-0.4, -0.2) is 26.5 Å². The van der Waals surface area contributed by atoms with Gasteiger partial charge < -0.3 is 10.8 Å². The van der Waals surface area contributed by atoms with Crippen LogP contribution in [0.3, 0.4) is 0 Å². The van der Waals surface area contributed by atoms with Crippen LogP contribution in [0.5, 0.6) is 0 Å². The fourth-order valence-corrected chi connectivity index (χ4v) is 1.70. The highest BCUT2D eigenvalue weighted by atomic mass is 35.5. The number of pyridine rings is 1. The maximum absolute atomic E-state index is 10.6. The zero-order chi connectivity index (χ0) is 11.7. The smallest absolute Gasteiger partial charge is 0.320 e. The van der Waals surface area contributed by atoms with Crippen LogP contribution in [0.1, 0.15) is 5.69 Å². The van der Waals surface area contributed by atoms with E-state index < -0.39 is 12.0 Å². The molecule has 0 saturated heterocycles. The van der Waals surface area contributed by atoms with Gasteiger partial charge in [-0.25, -0.2) is 4.98 Å². The number of fused-ring (bicyclic) bond motifs is 1. The molecule has 2 aromatic rings. The van der Waals surface area contributed by atoms with E-state index in [9.17, 15) is 4.79 Å². The van der Waals surface area contributed by atoms with E-state index >= 15 is 0 Å². The molecule has 0 saturated carbocycles. The van der Waals surface area contributed by atoms with Crippen LogP contribution in [0.4, 0.5) is 0 Å². The number of rotatable bonds is 3. The maximum atomic E-state index is 10.6. The predicted octanol–water partition coefficient (Wildman–Crippen LogP) is 0.942. The summed E-state index contributed by atoms with van der Waals surface area (Å²) in [6.45, 7) is 0. The van der Waals surface area contributed by atoms with E-state index in [0.717, 1.165) is 0 Å². The van der Waals surface area contributed by atoms with Crippen molar-refractivity contribution in [2.75, 3.05) is 0 Å². The van der Waals surface area contributed by atoms with Crippen LogP contribution >= 0.6 is 11.6 Å². The van der Waals surface area contributed by atoms with Crippen LogP contribution in [-0.2, 0) is 11.2 Å². The van der Waals surface area contributed by atoms with Gasteiger partial charge in [-0.15, -0.1) is 0 Å². The zero-order valence-electron chi connectivity index (χ0n) is 8.30. The summed E-state index contributed by atoms with van der Waals surface area (Å²) in [6, 6.07) is 4.46. The third kappa shape index (κ3) is 1.87. The Balaban J connectivity index is 2.38. The number of aromatic nitrogens is 2. The molecule has 6 heteroatoms. The summed E-state index contributed by atoms with van der Waals surface area (Å²) < 4.78 is 1.69. The molecule has 0 radical (unpaired) electrons. The van der Waals surface area contributed by atoms with Gasteiger partial charge in [-0.05, 0) is 12.1 Å². The quantitative estimate of drug-likeness (QED) is 0.835. The third-order valence-electron chi connectivity index (χ3n) is 2.27. The second-order valence-corrected chi connectivity index (χ2v) is 3.79. The Bertz CT molecular complexity index is 538. The molecule has 2 rings (SSSR count). The van der Waals surface area contributed by atoms with Crippen molar-refractivity contribution in [3.05, 3.63) is 35.2 Å². The van der Waals surface area contributed by atoms with Gasteiger partial charge >= 0.3 is 5.97 Å². The van der Waals surface area contributed by atoms with Crippen molar-refractivity contribution in [2.45, 2.75) is 12.5 Å². The van der Waals surface area contributed by atoms with Crippen LogP contribution in [0, 0.1) is 0 Å². The van der Waals surface area contributed by atoms with Crippen molar-refractivity contribution in [3.63, 3.8) is 0 Å². The SMILES string of the molecule is NC(Cc1nc2ccccn2c1Cl)C(=O)O. The van der Waals surface area contributed by atoms with E-state index in [4.69, 9.17) is 22.4 Å². The summed E-state index contributed by atoms with van der Waals surface area (Å²) in [4.78, 5) is 14.8. The van der Waals surface area contributed by atoms with Gasteiger partial charge in [-0.3, -0.25) is 9.20 Å². The fourth-order valence-electron chi connectivity index (χ4n) is 1.44. The van der Waals surface area contributed by atoms with Gasteiger partial charge in [0.1, 0.15) is 16.8 Å². The Labute approximate surface area is 96.5 Å². The summed E-state index contributed by atoms with van der Waals surface area (Å²) in [5.41, 5.74) is 6.61. The fraction of sp³-hybridized carbons (Fsp3) is 0.200. The first-order chi connectivity index (χ1) is 7.59. The number of halogens is 1. The van der Waals surface area contributed by atoms with E-state index in [1.54, 1.807) is 16.7 Å². The molecule has 0 aliphatic rings. The molecule has 0 fully saturated rings. The normalized spacial score (nSPS) is 12.9. The number of carbonyl (C=O) groups is 1. The molecule has 0 aliphatic heterocycles. The average Bonchev–Trinajstić information content (AvgIpc) is 2.56. The largest absolute Gasteiger partial charge is 0.480 e. The highest BCUT2D eigenvalue weighted by Crippen LogP contribution is 2.18. The molecular weight excluding hydrogens is 230 g/mol. The van der Waals surface area contributed by atoms with E-state index in [1.165, 1.54) is 0 Å². The van der Waals surface area contributed by atoms with E-state index in [-0.39, 0.29) is 6.42 Å². The van der Waals surface area contributed by atoms with Crippen molar-refractivity contribution in [2.24, 2.45) is 5.73 Å². The molecule has 3 N–H and O–H groups in total. The van der Waals surface area contributed by atoms with Gasteiger partial charge in [-0.2, -0.15) is 0 Å². The molecule has 0 bridgehead atoms. The Kier molecular flexibility index (Phi) is 2.80. The summed E-state index contributed by atoms with van der Waals surface area (Å²) in [7, 11) is 0. The second kappa shape index (κ2) is 4.11. The van der Waals surface area contributed by atoms with Gasteiger partial charge in [0, 0.05) is 12.6 Å². The summed E-state index contributed by atoms with van der Waals surface area (Å²) in [5, 5.41) is 9.12. The Morgan fingerprint density at radius 3 is 3.00 bits per heavy atom. The Hall–Kier alpha value is -1.59. The van der Waals surface area contributed by atoms with Gasteiger partial charge in [0.25, 0.3) is 0 Å². The van der Waals surface area contributed by atoms with E-state index in [0.29, 0.717) is 16.5 Å². The standard InChI is InChI=1S/C10H10ClN3O2/c11-9-7(5-6(12)10(15)16)13-8-3-1-2-4-14(8)9/h1-4,6H,5,12H2,(H,15,16). The molecule has 0 amide bonds. The van der Waals surface area contributed by atoms with Crippen molar-refractivity contribution < 1.29 is 9.90 Å². The number of nitrogens with two attached hydrogens (primary N) is 1. The van der Waals surface area contributed by atoms with E-state index in [1.807, 2.05) is 12.1 Å². The Morgan fingerprint density at radius 2 is 2.38 bits per heavy atom. The topological polar surface area (TPSA) is 80.6 Å². The molecule has 0 spiro atoms. The molecule has 84 valence electrons. The number of carboxylic acids is 1. The minimum atomic E-state index is -1.06. The highest BCUT2D eigenvalue weighted by molar-refractivity contribution is 6.30. The zero-order valence-corrected chi connectivity index (χ0v) is 9.05. The van der Waals surface area contributed by atoms with Crippen molar-refractivity contribution in [1.29, 1.82) is 0 Å². The first-order valence-corrected chi connectivity index (χ1v) is 5.07. The summed E-state index contributed by atoms with van der Waals surface area (Å²) in [6.07, 6.45) is 1.89. The molecule has 16 heavy (non-hydrogen) atoms. The third-order valence-corrected chi connectivity index (χ3v) is 2.67. The molecule has 5 nitrogen and oxygen atoms in total. The first kappa shape index (κ1) is 10.9. The molecule has 0 aromatic carbocycles. The number of hydrogen-bond donors (Lipinski definition) is 2. The molecule has 1 atom stereocenters. The number of imidazole rings is 1. The van der Waals surface area contributed by atoms with Crippen LogP contribution in [0.2, 0.25) is 5.15 Å². The summed E-state index contributed by atoms with van der Waals surface area (Å²) >= 11 is 6.06. The lowest BCUT2D eigenvalue weighted by atomic mass is 10.2. The molecule has 2 aromatic heterocycles. The van der Waals surface area contributed by atoms with Crippen molar-refractivity contribution in [1.82, 2.24) is 9.38 Å².